The normalized spacial score (nSPS) is 11.0. The van der Waals surface area contributed by atoms with E-state index in [4.69, 9.17) is 26.2 Å². The third-order valence-corrected chi connectivity index (χ3v) is 4.74. The zero-order valence-corrected chi connectivity index (χ0v) is 20.5. The number of carbonyl (C=O) groups is 2. The fourth-order valence-electron chi connectivity index (χ4n) is 2.74. The molecule has 1 amide bonds. The number of anilines is 1. The van der Waals surface area contributed by atoms with Crippen molar-refractivity contribution in [2.45, 2.75) is 38.9 Å². The molecule has 0 bridgehead atoms. The minimum absolute atomic E-state index is 0.106. The van der Waals surface area contributed by atoms with Gasteiger partial charge in [0.05, 0.1) is 6.54 Å². The first kappa shape index (κ1) is 30.7. The largest absolute Gasteiger partial charge is 0.490 e. The Balaban J connectivity index is 0.000000856. The van der Waals surface area contributed by atoms with Gasteiger partial charge in [-0.1, -0.05) is 44.2 Å². The minimum atomic E-state index is -5.08. The number of carbonyl (C=O) groups excluding carboxylic acids is 1. The number of hydrogen-bond acceptors (Lipinski definition) is 7. The van der Waals surface area contributed by atoms with Crippen molar-refractivity contribution >= 4 is 23.7 Å². The molecular formula is C22H30F3N7O5. The van der Waals surface area contributed by atoms with Crippen molar-refractivity contribution in [1.29, 1.82) is 0 Å². The van der Waals surface area contributed by atoms with Crippen LogP contribution in [0.25, 0.3) is 0 Å². The molecule has 12 nitrogen and oxygen atoms in total. The number of aromatic nitrogens is 2. The van der Waals surface area contributed by atoms with E-state index in [1.165, 1.54) is 4.57 Å². The van der Waals surface area contributed by atoms with Gasteiger partial charge in [0.2, 0.25) is 11.9 Å². The third-order valence-electron chi connectivity index (χ3n) is 4.74. The maximum absolute atomic E-state index is 12.8. The van der Waals surface area contributed by atoms with Gasteiger partial charge < -0.3 is 32.0 Å². The fraction of sp³-hybridized carbons (Fsp3) is 0.409. The summed E-state index contributed by atoms with van der Waals surface area (Å²) in [6, 6.07) is 10.0. The topological polar surface area (TPSA) is 187 Å². The van der Waals surface area contributed by atoms with Crippen molar-refractivity contribution in [3.63, 3.8) is 0 Å². The molecule has 0 saturated heterocycles. The predicted molar refractivity (Wildman–Crippen MR) is 130 cm³/mol. The standard InChI is InChI=1S/C20H29N7O3.C2HF3O2/c1-14-11-24-17(25-13-20(2,3)15-7-5-4-6-8-15)18(29)27(14)12-16(28)23-9-10-30-26-19(21)22;3-2(4,5)1(6)7/h4-8,11H,9-10,12-13H2,1-3H3,(H,23,28)(H,24,25)(H4,21,22,26);(H,6,7). The van der Waals surface area contributed by atoms with E-state index in [0.717, 1.165) is 5.56 Å². The number of nitrogens with one attached hydrogen (secondary N) is 2. The highest BCUT2D eigenvalue weighted by Gasteiger charge is 2.38. The van der Waals surface area contributed by atoms with E-state index in [1.54, 1.807) is 13.1 Å². The highest BCUT2D eigenvalue weighted by atomic mass is 19.4. The Morgan fingerprint density at radius 1 is 1.19 bits per heavy atom. The van der Waals surface area contributed by atoms with E-state index < -0.39 is 12.1 Å². The Kier molecular flexibility index (Phi) is 11.4. The summed E-state index contributed by atoms with van der Waals surface area (Å²) in [5.41, 5.74) is 11.4. The van der Waals surface area contributed by atoms with Crippen LogP contribution in [-0.4, -0.2) is 58.4 Å². The highest BCUT2D eigenvalue weighted by molar-refractivity contribution is 5.76. The number of oxime groups is 1. The maximum Gasteiger partial charge on any atom is 0.490 e. The van der Waals surface area contributed by atoms with Gasteiger partial charge in [-0.15, -0.1) is 0 Å². The number of halogens is 3. The van der Waals surface area contributed by atoms with Gasteiger partial charge in [0.1, 0.15) is 13.2 Å². The molecule has 37 heavy (non-hydrogen) atoms. The van der Waals surface area contributed by atoms with Gasteiger partial charge in [0, 0.05) is 23.9 Å². The van der Waals surface area contributed by atoms with E-state index in [0.29, 0.717) is 12.2 Å². The second-order valence-corrected chi connectivity index (χ2v) is 8.25. The Bertz CT molecular complexity index is 1130. The summed E-state index contributed by atoms with van der Waals surface area (Å²) in [6.07, 6.45) is -3.52. The number of amides is 1. The van der Waals surface area contributed by atoms with Crippen LogP contribution in [0.3, 0.4) is 0 Å². The van der Waals surface area contributed by atoms with Crippen LogP contribution in [0.5, 0.6) is 0 Å². The monoisotopic (exact) mass is 529 g/mol. The zero-order valence-electron chi connectivity index (χ0n) is 20.5. The van der Waals surface area contributed by atoms with Crippen LogP contribution in [0.4, 0.5) is 19.0 Å². The van der Waals surface area contributed by atoms with Gasteiger partial charge in [0.15, 0.2) is 5.82 Å². The molecule has 0 radical (unpaired) electrons. The molecular weight excluding hydrogens is 499 g/mol. The summed E-state index contributed by atoms with van der Waals surface area (Å²) in [5.74, 6) is -3.09. The molecule has 0 unspecified atom stereocenters. The van der Waals surface area contributed by atoms with Crippen LogP contribution in [-0.2, 0) is 26.4 Å². The van der Waals surface area contributed by atoms with E-state index in [2.05, 4.69) is 34.6 Å². The smallest absolute Gasteiger partial charge is 0.475 e. The number of guanidine groups is 1. The third kappa shape index (κ3) is 10.9. The Morgan fingerprint density at radius 3 is 2.32 bits per heavy atom. The quantitative estimate of drug-likeness (QED) is 0.129. The lowest BCUT2D eigenvalue weighted by atomic mass is 9.85. The van der Waals surface area contributed by atoms with Gasteiger partial charge in [-0.2, -0.15) is 13.2 Å². The number of benzene rings is 1. The highest BCUT2D eigenvalue weighted by Crippen LogP contribution is 2.22. The molecule has 1 heterocycles. The SMILES string of the molecule is Cc1cnc(NCC(C)(C)c2ccccc2)c(=O)n1CC(=O)NCCON=C(N)N.O=C(O)C(F)(F)F. The lowest BCUT2D eigenvalue weighted by molar-refractivity contribution is -0.192. The average Bonchev–Trinajstić information content (AvgIpc) is 2.81. The van der Waals surface area contributed by atoms with Crippen molar-refractivity contribution < 1.29 is 32.7 Å². The van der Waals surface area contributed by atoms with Crippen LogP contribution in [0.15, 0.2) is 46.5 Å². The lowest BCUT2D eigenvalue weighted by Gasteiger charge is -2.26. The van der Waals surface area contributed by atoms with Gasteiger partial charge in [-0.05, 0) is 17.6 Å². The number of carboxylic acid groups (broad SMARTS) is 1. The molecule has 0 aliphatic carbocycles. The molecule has 2 aromatic rings. The molecule has 204 valence electrons. The number of aryl methyl sites for hydroxylation is 1. The first-order chi connectivity index (χ1) is 17.1. The van der Waals surface area contributed by atoms with E-state index in [-0.39, 0.29) is 48.4 Å². The molecule has 1 aromatic carbocycles. The zero-order chi connectivity index (χ0) is 28.2. The Hall–Kier alpha value is -4.30. The van der Waals surface area contributed by atoms with Crippen LogP contribution in [0, 0.1) is 6.92 Å². The molecule has 1 aromatic heterocycles. The Labute approximate surface area is 210 Å². The fourth-order valence-corrected chi connectivity index (χ4v) is 2.74. The van der Waals surface area contributed by atoms with Gasteiger partial charge in [-0.25, -0.2) is 9.78 Å². The van der Waals surface area contributed by atoms with Crippen molar-refractivity contribution in [2.24, 2.45) is 16.6 Å². The van der Waals surface area contributed by atoms with E-state index in [9.17, 15) is 22.8 Å². The Morgan fingerprint density at radius 2 is 1.78 bits per heavy atom. The number of carboxylic acids is 1. The molecule has 0 aliphatic rings. The van der Waals surface area contributed by atoms with Gasteiger partial charge in [0.25, 0.3) is 5.56 Å². The summed E-state index contributed by atoms with van der Waals surface area (Å²) >= 11 is 0. The maximum atomic E-state index is 12.8. The van der Waals surface area contributed by atoms with Crippen LogP contribution in [0.2, 0.25) is 0 Å². The number of alkyl halides is 3. The number of nitrogens with two attached hydrogens (primary N) is 2. The summed E-state index contributed by atoms with van der Waals surface area (Å²) in [4.78, 5) is 42.9. The minimum Gasteiger partial charge on any atom is -0.475 e. The van der Waals surface area contributed by atoms with Crippen LogP contribution < -0.4 is 27.7 Å². The van der Waals surface area contributed by atoms with Gasteiger partial charge in [-0.3, -0.25) is 14.2 Å². The first-order valence-corrected chi connectivity index (χ1v) is 10.8. The lowest BCUT2D eigenvalue weighted by Crippen LogP contribution is -2.37. The molecule has 2 rings (SSSR count). The number of nitrogens with zero attached hydrogens (tertiary/aromatic N) is 3. The summed E-state index contributed by atoms with van der Waals surface area (Å²) in [6.45, 7) is 6.57. The number of rotatable bonds is 10. The summed E-state index contributed by atoms with van der Waals surface area (Å²) in [7, 11) is 0. The van der Waals surface area contributed by atoms with E-state index >= 15 is 0 Å². The van der Waals surface area contributed by atoms with Crippen LogP contribution in [0.1, 0.15) is 25.1 Å². The molecule has 0 fully saturated rings. The summed E-state index contributed by atoms with van der Waals surface area (Å²) in [5, 5.41) is 16.3. The number of hydrogen-bond donors (Lipinski definition) is 5. The number of aliphatic carboxylic acids is 1. The van der Waals surface area contributed by atoms with Crippen molar-refractivity contribution in [3.05, 3.63) is 58.1 Å². The predicted octanol–water partition coefficient (Wildman–Crippen LogP) is 0.896. The molecule has 0 spiro atoms. The van der Waals surface area contributed by atoms with E-state index in [1.807, 2.05) is 30.3 Å². The van der Waals surface area contributed by atoms with Crippen molar-refractivity contribution in [3.8, 4) is 0 Å². The van der Waals surface area contributed by atoms with Crippen molar-refractivity contribution in [2.75, 3.05) is 25.0 Å². The molecule has 7 N–H and O–H groups in total. The molecule has 0 aliphatic heterocycles. The van der Waals surface area contributed by atoms with Crippen molar-refractivity contribution in [1.82, 2.24) is 14.9 Å². The molecule has 15 heteroatoms. The molecule has 0 atom stereocenters. The van der Waals surface area contributed by atoms with Crippen LogP contribution >= 0.6 is 0 Å². The average molecular weight is 530 g/mol. The molecule has 0 saturated carbocycles. The summed E-state index contributed by atoms with van der Waals surface area (Å²) < 4.78 is 33.1. The van der Waals surface area contributed by atoms with Gasteiger partial charge >= 0.3 is 12.1 Å². The second kappa shape index (κ2) is 13.7. The first-order valence-electron chi connectivity index (χ1n) is 10.8. The second-order valence-electron chi connectivity index (χ2n) is 8.25.